The monoisotopic (exact) mass is 259 g/mol. The van der Waals surface area contributed by atoms with E-state index in [1.807, 2.05) is 0 Å². The summed E-state index contributed by atoms with van der Waals surface area (Å²) in [5, 5.41) is 3.45. The number of ether oxygens (including phenoxy) is 3. The Hall–Kier alpha value is -0.160. The van der Waals surface area contributed by atoms with E-state index in [-0.39, 0.29) is 0 Å². The third-order valence-corrected chi connectivity index (χ3v) is 3.24. The van der Waals surface area contributed by atoms with Gasteiger partial charge in [0.2, 0.25) is 0 Å². The fourth-order valence-corrected chi connectivity index (χ4v) is 2.45. The van der Waals surface area contributed by atoms with Gasteiger partial charge in [-0.1, -0.05) is 6.92 Å². The van der Waals surface area contributed by atoms with E-state index in [2.05, 4.69) is 26.1 Å². The van der Waals surface area contributed by atoms with Gasteiger partial charge in [0.1, 0.15) is 0 Å². The first-order valence-corrected chi connectivity index (χ1v) is 7.15. The van der Waals surface area contributed by atoms with Crippen LogP contribution in [0.1, 0.15) is 40.0 Å². The van der Waals surface area contributed by atoms with Gasteiger partial charge >= 0.3 is 0 Å². The Labute approximate surface area is 111 Å². The molecule has 0 saturated carbocycles. The lowest BCUT2D eigenvalue weighted by Gasteiger charge is -2.33. The Morgan fingerprint density at radius 3 is 2.44 bits per heavy atom. The lowest BCUT2D eigenvalue weighted by Crippen LogP contribution is -2.41. The van der Waals surface area contributed by atoms with E-state index in [1.165, 1.54) is 0 Å². The molecular weight excluding hydrogens is 230 g/mol. The van der Waals surface area contributed by atoms with E-state index in [4.69, 9.17) is 14.2 Å². The summed E-state index contributed by atoms with van der Waals surface area (Å²) < 4.78 is 16.9. The van der Waals surface area contributed by atoms with Crippen LogP contribution in [-0.2, 0) is 14.2 Å². The van der Waals surface area contributed by atoms with E-state index in [0.29, 0.717) is 31.0 Å². The maximum Gasteiger partial charge on any atom is 0.0646 e. The van der Waals surface area contributed by atoms with E-state index in [0.717, 1.165) is 32.4 Å². The summed E-state index contributed by atoms with van der Waals surface area (Å²) in [4.78, 5) is 0. The van der Waals surface area contributed by atoms with Gasteiger partial charge in [-0.05, 0) is 39.7 Å². The molecule has 3 atom stereocenters. The number of rotatable bonds is 8. The maximum atomic E-state index is 6.01. The number of nitrogens with one attached hydrogen (secondary N) is 1. The topological polar surface area (TPSA) is 39.7 Å². The van der Waals surface area contributed by atoms with Crippen molar-refractivity contribution >= 4 is 0 Å². The Balaban J connectivity index is 2.27. The standard InChI is InChI=1S/C14H29NO3/c1-5-6-15-13(9-16-4)10-17-14-7-11(2)18-12(3)8-14/h11-15H,5-10H2,1-4H3. The van der Waals surface area contributed by atoms with Crippen LogP contribution in [0.15, 0.2) is 0 Å². The van der Waals surface area contributed by atoms with Crippen LogP contribution in [0.25, 0.3) is 0 Å². The van der Waals surface area contributed by atoms with Crippen LogP contribution in [-0.4, -0.2) is 51.2 Å². The van der Waals surface area contributed by atoms with Gasteiger partial charge in [-0.25, -0.2) is 0 Å². The first kappa shape index (κ1) is 15.9. The van der Waals surface area contributed by atoms with Crippen LogP contribution in [0.2, 0.25) is 0 Å². The number of methoxy groups -OCH3 is 1. The first-order valence-electron chi connectivity index (χ1n) is 7.15. The molecule has 4 nitrogen and oxygen atoms in total. The Morgan fingerprint density at radius 2 is 1.89 bits per heavy atom. The second-order valence-electron chi connectivity index (χ2n) is 5.29. The lowest BCUT2D eigenvalue weighted by atomic mass is 10.0. The second kappa shape index (κ2) is 8.86. The van der Waals surface area contributed by atoms with Gasteiger partial charge in [0.05, 0.1) is 37.6 Å². The first-order chi connectivity index (χ1) is 8.65. The van der Waals surface area contributed by atoms with Crippen molar-refractivity contribution in [3.05, 3.63) is 0 Å². The van der Waals surface area contributed by atoms with Gasteiger partial charge in [-0.2, -0.15) is 0 Å². The fraction of sp³-hybridized carbons (Fsp3) is 1.00. The van der Waals surface area contributed by atoms with Crippen molar-refractivity contribution in [2.45, 2.75) is 64.4 Å². The zero-order valence-electron chi connectivity index (χ0n) is 12.3. The average molecular weight is 259 g/mol. The van der Waals surface area contributed by atoms with Gasteiger partial charge in [0, 0.05) is 7.11 Å². The molecule has 1 aliphatic rings. The Bertz CT molecular complexity index is 203. The Morgan fingerprint density at radius 1 is 1.22 bits per heavy atom. The zero-order valence-corrected chi connectivity index (χ0v) is 12.3. The highest BCUT2D eigenvalue weighted by atomic mass is 16.5. The molecule has 0 aromatic heterocycles. The molecule has 1 rings (SSSR count). The van der Waals surface area contributed by atoms with E-state index in [9.17, 15) is 0 Å². The minimum atomic E-state index is 0.295. The van der Waals surface area contributed by atoms with Crippen molar-refractivity contribution in [3.8, 4) is 0 Å². The van der Waals surface area contributed by atoms with E-state index >= 15 is 0 Å². The minimum absolute atomic E-state index is 0.295. The SMILES string of the molecule is CCCNC(COC)COC1CC(C)OC(C)C1. The smallest absolute Gasteiger partial charge is 0.0646 e. The highest BCUT2D eigenvalue weighted by Crippen LogP contribution is 2.21. The molecule has 4 heteroatoms. The molecule has 0 spiro atoms. The van der Waals surface area contributed by atoms with Gasteiger partial charge in [0.25, 0.3) is 0 Å². The molecule has 0 amide bonds. The third-order valence-electron chi connectivity index (χ3n) is 3.24. The summed E-state index contributed by atoms with van der Waals surface area (Å²) in [5.41, 5.74) is 0. The summed E-state index contributed by atoms with van der Waals surface area (Å²) in [6.45, 7) is 8.84. The maximum absolute atomic E-state index is 6.01. The molecule has 1 saturated heterocycles. The van der Waals surface area contributed by atoms with Gasteiger partial charge in [0.15, 0.2) is 0 Å². The molecule has 1 N–H and O–H groups in total. The molecule has 108 valence electrons. The number of hydrogen-bond donors (Lipinski definition) is 1. The second-order valence-corrected chi connectivity index (χ2v) is 5.29. The van der Waals surface area contributed by atoms with E-state index < -0.39 is 0 Å². The molecule has 0 aliphatic carbocycles. The minimum Gasteiger partial charge on any atom is -0.383 e. The summed E-state index contributed by atoms with van der Waals surface area (Å²) >= 11 is 0. The van der Waals surface area contributed by atoms with Crippen molar-refractivity contribution in [2.24, 2.45) is 0 Å². The van der Waals surface area contributed by atoms with Crippen molar-refractivity contribution in [1.82, 2.24) is 5.32 Å². The van der Waals surface area contributed by atoms with E-state index in [1.54, 1.807) is 7.11 Å². The molecule has 18 heavy (non-hydrogen) atoms. The normalized spacial score (nSPS) is 30.3. The zero-order chi connectivity index (χ0) is 13.4. The molecule has 1 fully saturated rings. The van der Waals surface area contributed by atoms with Crippen LogP contribution in [0, 0.1) is 0 Å². The van der Waals surface area contributed by atoms with Crippen LogP contribution < -0.4 is 5.32 Å². The molecule has 0 aromatic rings. The summed E-state index contributed by atoms with van der Waals surface area (Å²) in [5.74, 6) is 0. The predicted molar refractivity (Wildman–Crippen MR) is 72.9 cm³/mol. The fourth-order valence-electron chi connectivity index (χ4n) is 2.45. The van der Waals surface area contributed by atoms with Crippen LogP contribution >= 0.6 is 0 Å². The quantitative estimate of drug-likeness (QED) is 0.723. The molecule has 3 unspecified atom stereocenters. The summed E-state index contributed by atoms with van der Waals surface area (Å²) in [6.07, 6.45) is 4.07. The highest BCUT2D eigenvalue weighted by Gasteiger charge is 2.25. The molecule has 0 bridgehead atoms. The van der Waals surface area contributed by atoms with Crippen LogP contribution in [0.4, 0.5) is 0 Å². The van der Waals surface area contributed by atoms with Gasteiger partial charge in [-0.15, -0.1) is 0 Å². The molecular formula is C14H29NO3. The van der Waals surface area contributed by atoms with Crippen LogP contribution in [0.5, 0.6) is 0 Å². The molecule has 1 heterocycles. The average Bonchev–Trinajstić information content (AvgIpc) is 2.31. The Kier molecular flexibility index (Phi) is 7.82. The lowest BCUT2D eigenvalue weighted by molar-refractivity contribution is -0.106. The summed E-state index contributed by atoms with van der Waals surface area (Å²) in [7, 11) is 1.74. The summed E-state index contributed by atoms with van der Waals surface area (Å²) in [6, 6.07) is 0.295. The largest absolute Gasteiger partial charge is 0.383 e. The molecule has 1 aliphatic heterocycles. The van der Waals surface area contributed by atoms with Crippen molar-refractivity contribution in [2.75, 3.05) is 26.9 Å². The number of hydrogen-bond acceptors (Lipinski definition) is 4. The third kappa shape index (κ3) is 6.14. The van der Waals surface area contributed by atoms with Gasteiger partial charge in [-0.3, -0.25) is 0 Å². The van der Waals surface area contributed by atoms with Crippen molar-refractivity contribution < 1.29 is 14.2 Å². The molecule has 0 radical (unpaired) electrons. The van der Waals surface area contributed by atoms with Crippen molar-refractivity contribution in [1.29, 1.82) is 0 Å². The predicted octanol–water partition coefficient (Wildman–Crippen LogP) is 1.97. The molecule has 0 aromatic carbocycles. The van der Waals surface area contributed by atoms with Crippen molar-refractivity contribution in [3.63, 3.8) is 0 Å². The highest BCUT2D eigenvalue weighted by molar-refractivity contribution is 4.75. The van der Waals surface area contributed by atoms with Crippen LogP contribution in [0.3, 0.4) is 0 Å². The van der Waals surface area contributed by atoms with Gasteiger partial charge < -0.3 is 19.5 Å².